The Hall–Kier alpha value is -3.09. The van der Waals surface area contributed by atoms with E-state index in [1.807, 2.05) is 63.2 Å². The van der Waals surface area contributed by atoms with Gasteiger partial charge in [0, 0.05) is 52.7 Å². The highest BCUT2D eigenvalue weighted by molar-refractivity contribution is 6.31. The minimum atomic E-state index is -0.220. The Kier molecular flexibility index (Phi) is 9.75. The lowest BCUT2D eigenvalue weighted by Crippen LogP contribution is -2.42. The van der Waals surface area contributed by atoms with Gasteiger partial charge < -0.3 is 19.7 Å². The average Bonchev–Trinajstić information content (AvgIpc) is 2.93. The van der Waals surface area contributed by atoms with Gasteiger partial charge in [-0.2, -0.15) is 0 Å². The van der Waals surface area contributed by atoms with Gasteiger partial charge in [0.25, 0.3) is 11.5 Å². The van der Waals surface area contributed by atoms with Gasteiger partial charge >= 0.3 is 0 Å². The molecule has 0 radical (unpaired) electrons. The van der Waals surface area contributed by atoms with E-state index >= 15 is 0 Å². The van der Waals surface area contributed by atoms with E-state index in [9.17, 15) is 9.59 Å². The first kappa shape index (κ1) is 29.9. The fourth-order valence-electron chi connectivity index (χ4n) is 6.12. The number of carbonyl (C=O) groups is 1. The van der Waals surface area contributed by atoms with E-state index in [-0.39, 0.29) is 18.0 Å². The van der Waals surface area contributed by atoms with Crippen molar-refractivity contribution in [3.63, 3.8) is 0 Å². The predicted octanol–water partition coefficient (Wildman–Crippen LogP) is 6.10. The van der Waals surface area contributed by atoms with Crippen molar-refractivity contribution in [2.75, 3.05) is 25.5 Å². The van der Waals surface area contributed by atoms with Gasteiger partial charge in [0.1, 0.15) is 0 Å². The Bertz CT molecular complexity index is 1390. The average molecular weight is 563 g/mol. The number of amides is 1. The zero-order chi connectivity index (χ0) is 29.0. The maximum absolute atomic E-state index is 13.5. The second kappa shape index (κ2) is 13.0. The molecule has 0 unspecified atom stereocenters. The summed E-state index contributed by atoms with van der Waals surface area (Å²) >= 11 is 6.59. The molecule has 1 amide bonds. The first-order chi connectivity index (χ1) is 19.1. The van der Waals surface area contributed by atoms with Crippen molar-refractivity contribution in [1.82, 2.24) is 14.8 Å². The normalized spacial score (nSPS) is 17.2. The van der Waals surface area contributed by atoms with Crippen LogP contribution in [0.3, 0.4) is 0 Å². The number of nitrogens with zero attached hydrogens (tertiary/aromatic N) is 3. The lowest BCUT2D eigenvalue weighted by atomic mass is 9.89. The number of aryl methyl sites for hydroxylation is 2. The van der Waals surface area contributed by atoms with E-state index < -0.39 is 0 Å². The molecule has 1 heterocycles. The third kappa shape index (κ3) is 6.61. The molecule has 6 nitrogen and oxygen atoms in total. The molecular weight excluding hydrogens is 520 g/mol. The standard InChI is InChI=1S/C33H43ClN4O2/c1-7-37(28-15-13-27(14-16-28)36(5)6)31-19-26(34)18-29(24(31)4)32(39)35-20-30-22(2)17-23(3)38(33(30)40)21-25-11-9-8-10-12-25/h8-12,17-19,27-28H,7,13-16,20-21H2,1-6H3,(H,35,39). The molecule has 4 rings (SSSR count). The lowest BCUT2D eigenvalue weighted by Gasteiger charge is -2.40. The maximum Gasteiger partial charge on any atom is 0.256 e. The topological polar surface area (TPSA) is 57.6 Å². The molecule has 0 atom stereocenters. The Morgan fingerprint density at radius 2 is 1.65 bits per heavy atom. The first-order valence-corrected chi connectivity index (χ1v) is 14.7. The van der Waals surface area contributed by atoms with Gasteiger partial charge in [-0.1, -0.05) is 41.9 Å². The van der Waals surface area contributed by atoms with Crippen LogP contribution in [0.2, 0.25) is 5.02 Å². The number of nitrogens with one attached hydrogen (secondary N) is 1. The molecule has 40 heavy (non-hydrogen) atoms. The number of hydrogen-bond acceptors (Lipinski definition) is 4. The number of aromatic nitrogens is 1. The van der Waals surface area contributed by atoms with E-state index in [0.29, 0.717) is 34.8 Å². The molecule has 1 aliphatic rings. The Balaban J connectivity index is 1.55. The summed E-state index contributed by atoms with van der Waals surface area (Å²) in [6, 6.07) is 16.7. The van der Waals surface area contributed by atoms with Gasteiger partial charge in [-0.25, -0.2) is 0 Å². The highest BCUT2D eigenvalue weighted by atomic mass is 35.5. The number of anilines is 1. The molecular formula is C33H43ClN4O2. The summed E-state index contributed by atoms with van der Waals surface area (Å²) in [4.78, 5) is 31.7. The highest BCUT2D eigenvalue weighted by Crippen LogP contribution is 2.34. The van der Waals surface area contributed by atoms with Gasteiger partial charge in [0.15, 0.2) is 0 Å². The third-order valence-electron chi connectivity index (χ3n) is 8.52. The van der Waals surface area contributed by atoms with Gasteiger partial charge in [0.05, 0.1) is 6.54 Å². The van der Waals surface area contributed by atoms with Gasteiger partial charge in [-0.3, -0.25) is 9.59 Å². The minimum Gasteiger partial charge on any atom is -0.369 e. The summed E-state index contributed by atoms with van der Waals surface area (Å²) in [5, 5.41) is 3.57. The second-order valence-electron chi connectivity index (χ2n) is 11.3. The smallest absolute Gasteiger partial charge is 0.256 e. The lowest BCUT2D eigenvalue weighted by molar-refractivity contribution is 0.0950. The number of hydrogen-bond donors (Lipinski definition) is 1. The second-order valence-corrected chi connectivity index (χ2v) is 11.8. The van der Waals surface area contributed by atoms with Crippen molar-refractivity contribution in [3.8, 4) is 0 Å². The number of carbonyl (C=O) groups excluding carboxylic acids is 1. The van der Waals surface area contributed by atoms with Gasteiger partial charge in [-0.15, -0.1) is 0 Å². The fraction of sp³-hybridized carbons (Fsp3) is 0.455. The molecule has 1 aromatic heterocycles. The van der Waals surface area contributed by atoms with Gasteiger partial charge in [-0.05, 0) is 102 Å². The van der Waals surface area contributed by atoms with Crippen molar-refractivity contribution in [3.05, 3.63) is 97.4 Å². The molecule has 1 fully saturated rings. The minimum absolute atomic E-state index is 0.0735. The molecule has 1 N–H and O–H groups in total. The van der Waals surface area contributed by atoms with E-state index in [2.05, 4.69) is 36.1 Å². The maximum atomic E-state index is 13.5. The van der Waals surface area contributed by atoms with Crippen LogP contribution in [0.5, 0.6) is 0 Å². The van der Waals surface area contributed by atoms with Crippen LogP contribution in [-0.4, -0.2) is 48.1 Å². The Morgan fingerprint density at radius 1 is 1.00 bits per heavy atom. The molecule has 0 spiro atoms. The largest absolute Gasteiger partial charge is 0.369 e. The summed E-state index contributed by atoms with van der Waals surface area (Å²) < 4.78 is 1.77. The quantitative estimate of drug-likeness (QED) is 0.342. The van der Waals surface area contributed by atoms with E-state index in [1.165, 1.54) is 12.8 Å². The van der Waals surface area contributed by atoms with Crippen molar-refractivity contribution < 1.29 is 4.79 Å². The van der Waals surface area contributed by atoms with Crippen LogP contribution < -0.4 is 15.8 Å². The summed E-state index contributed by atoms with van der Waals surface area (Å²) in [6.45, 7) is 9.54. The summed E-state index contributed by atoms with van der Waals surface area (Å²) in [6.07, 6.45) is 4.57. The first-order valence-electron chi connectivity index (χ1n) is 14.4. The van der Waals surface area contributed by atoms with Crippen LogP contribution in [0, 0.1) is 20.8 Å². The number of rotatable bonds is 9. The van der Waals surface area contributed by atoms with Crippen molar-refractivity contribution in [1.29, 1.82) is 0 Å². The van der Waals surface area contributed by atoms with Crippen molar-refractivity contribution >= 4 is 23.2 Å². The van der Waals surface area contributed by atoms with Crippen LogP contribution in [0.1, 0.15) is 70.9 Å². The Labute approximate surface area is 244 Å². The van der Waals surface area contributed by atoms with Crippen molar-refractivity contribution in [2.24, 2.45) is 0 Å². The molecule has 7 heteroatoms. The third-order valence-corrected chi connectivity index (χ3v) is 8.74. The summed E-state index contributed by atoms with van der Waals surface area (Å²) in [5.41, 5.74) is 5.85. The summed E-state index contributed by atoms with van der Waals surface area (Å²) in [5.74, 6) is -0.220. The van der Waals surface area contributed by atoms with Gasteiger partial charge in [0.2, 0.25) is 0 Å². The van der Waals surface area contributed by atoms with Crippen LogP contribution in [-0.2, 0) is 13.1 Å². The molecule has 214 valence electrons. The zero-order valence-electron chi connectivity index (χ0n) is 24.8. The molecule has 0 bridgehead atoms. The predicted molar refractivity (Wildman–Crippen MR) is 166 cm³/mol. The zero-order valence-corrected chi connectivity index (χ0v) is 25.5. The molecule has 0 saturated heterocycles. The monoisotopic (exact) mass is 562 g/mol. The van der Waals surface area contributed by atoms with Crippen molar-refractivity contribution in [2.45, 2.75) is 78.6 Å². The molecule has 2 aromatic carbocycles. The van der Waals surface area contributed by atoms with Crippen LogP contribution in [0.4, 0.5) is 5.69 Å². The molecule has 0 aliphatic heterocycles. The Morgan fingerprint density at radius 3 is 2.27 bits per heavy atom. The number of halogens is 1. The highest BCUT2D eigenvalue weighted by Gasteiger charge is 2.28. The molecule has 1 aliphatic carbocycles. The number of benzene rings is 2. The van der Waals surface area contributed by atoms with E-state index in [4.69, 9.17) is 11.6 Å². The molecule has 1 saturated carbocycles. The fourth-order valence-corrected chi connectivity index (χ4v) is 6.33. The van der Waals surface area contributed by atoms with Crippen LogP contribution in [0.25, 0.3) is 0 Å². The SMILES string of the molecule is CCN(c1cc(Cl)cc(C(=O)NCc2c(C)cc(C)n(Cc3ccccc3)c2=O)c1C)C1CCC(N(C)C)CC1. The van der Waals surface area contributed by atoms with Crippen LogP contribution in [0.15, 0.2) is 53.3 Å². The molecule has 3 aromatic rings. The van der Waals surface area contributed by atoms with E-state index in [0.717, 1.165) is 47.5 Å². The number of pyridine rings is 1. The van der Waals surface area contributed by atoms with Crippen LogP contribution >= 0.6 is 11.6 Å². The van der Waals surface area contributed by atoms with E-state index in [1.54, 1.807) is 10.6 Å². The summed E-state index contributed by atoms with van der Waals surface area (Å²) in [7, 11) is 4.32.